The number of aromatic nitrogens is 2. The maximum Gasteiger partial charge on any atom is 0.429 e. The van der Waals surface area contributed by atoms with Crippen molar-refractivity contribution in [2.75, 3.05) is 0 Å². The minimum absolute atomic E-state index is 0.0165. The highest BCUT2D eigenvalue weighted by Gasteiger charge is 2.60. The predicted octanol–water partition coefficient (Wildman–Crippen LogP) is 4.86. The first kappa shape index (κ1) is 18.8. The summed E-state index contributed by atoms with van der Waals surface area (Å²) >= 11 is 0. The third-order valence-electron chi connectivity index (χ3n) is 4.48. The van der Waals surface area contributed by atoms with Crippen LogP contribution in [0.1, 0.15) is 11.4 Å². The monoisotopic (exact) mass is 400 g/mol. The fraction of sp³-hybridized carbons (Fsp3) is 0.0952. The van der Waals surface area contributed by atoms with Crippen LogP contribution in [0.15, 0.2) is 72.8 Å². The minimum atomic E-state index is -5.18. The molecular formula is C21H15F3N2O3. The lowest BCUT2D eigenvalue weighted by Crippen LogP contribution is -2.44. The number of phenols is 1. The van der Waals surface area contributed by atoms with Crippen molar-refractivity contribution in [1.29, 1.82) is 0 Å². The fourth-order valence-electron chi connectivity index (χ4n) is 3.03. The molecule has 0 saturated carbocycles. The van der Waals surface area contributed by atoms with Gasteiger partial charge in [-0.05, 0) is 42.5 Å². The van der Waals surface area contributed by atoms with E-state index in [-0.39, 0.29) is 11.3 Å². The standard InChI is InChI=1S/C21H15F3N2O3/c22-21(23,24)20(28,19-25-16-8-4-5-9-17(16)26-19)15-12-14(10-11-18(15)27)29-13-6-2-1-3-7-13/h1-12,27-28H,(H,25,26)/t20-/m1/s1. The number of hydrogen-bond acceptors (Lipinski definition) is 4. The van der Waals surface area contributed by atoms with Crippen LogP contribution in [-0.2, 0) is 5.60 Å². The third kappa shape index (κ3) is 3.27. The number of imidazole rings is 1. The third-order valence-corrected chi connectivity index (χ3v) is 4.48. The van der Waals surface area contributed by atoms with Gasteiger partial charge in [0.05, 0.1) is 11.0 Å². The number of aromatic hydroxyl groups is 1. The summed E-state index contributed by atoms with van der Waals surface area (Å²) in [5.74, 6) is -1.09. The van der Waals surface area contributed by atoms with E-state index in [9.17, 15) is 23.4 Å². The summed E-state index contributed by atoms with van der Waals surface area (Å²) in [7, 11) is 0. The largest absolute Gasteiger partial charge is 0.508 e. The zero-order valence-corrected chi connectivity index (χ0v) is 14.8. The number of rotatable bonds is 4. The molecule has 1 heterocycles. The summed E-state index contributed by atoms with van der Waals surface area (Å²) < 4.78 is 47.8. The van der Waals surface area contributed by atoms with Crippen molar-refractivity contribution in [3.63, 3.8) is 0 Å². The highest BCUT2D eigenvalue weighted by Crippen LogP contribution is 2.47. The Morgan fingerprint density at radius 1 is 0.862 bits per heavy atom. The first-order valence-electron chi connectivity index (χ1n) is 8.60. The fourth-order valence-corrected chi connectivity index (χ4v) is 3.03. The maximum absolute atomic E-state index is 14.1. The molecule has 3 N–H and O–H groups in total. The Kier molecular flexibility index (Phi) is 4.43. The van der Waals surface area contributed by atoms with E-state index in [4.69, 9.17) is 4.74 Å². The van der Waals surface area contributed by atoms with Gasteiger partial charge in [-0.3, -0.25) is 0 Å². The molecule has 29 heavy (non-hydrogen) atoms. The van der Waals surface area contributed by atoms with Gasteiger partial charge in [0, 0.05) is 5.56 Å². The maximum atomic E-state index is 14.1. The molecule has 1 atom stereocenters. The molecule has 0 spiro atoms. The van der Waals surface area contributed by atoms with Crippen molar-refractivity contribution in [2.45, 2.75) is 11.8 Å². The second-order valence-electron chi connectivity index (χ2n) is 6.40. The first-order chi connectivity index (χ1) is 13.8. The van der Waals surface area contributed by atoms with Gasteiger partial charge in [0.1, 0.15) is 17.2 Å². The Balaban J connectivity index is 1.86. The number of aliphatic hydroxyl groups is 1. The van der Waals surface area contributed by atoms with Gasteiger partial charge >= 0.3 is 6.18 Å². The number of nitrogens with zero attached hydrogens (tertiary/aromatic N) is 1. The molecule has 0 aliphatic rings. The first-order valence-corrected chi connectivity index (χ1v) is 8.60. The van der Waals surface area contributed by atoms with Crippen LogP contribution in [0.25, 0.3) is 11.0 Å². The summed E-state index contributed by atoms with van der Waals surface area (Å²) in [5, 5.41) is 21.0. The predicted molar refractivity (Wildman–Crippen MR) is 99.8 cm³/mol. The molecular weight excluding hydrogens is 385 g/mol. The van der Waals surface area contributed by atoms with Gasteiger partial charge in [-0.1, -0.05) is 30.3 Å². The van der Waals surface area contributed by atoms with Gasteiger partial charge in [0.25, 0.3) is 0 Å². The van der Waals surface area contributed by atoms with Crippen LogP contribution in [0.5, 0.6) is 17.2 Å². The molecule has 4 aromatic rings. The normalized spacial score (nSPS) is 13.9. The molecule has 5 nitrogen and oxygen atoms in total. The highest BCUT2D eigenvalue weighted by atomic mass is 19.4. The van der Waals surface area contributed by atoms with E-state index in [1.54, 1.807) is 42.5 Å². The van der Waals surface area contributed by atoms with Crippen LogP contribution in [0.2, 0.25) is 0 Å². The number of para-hydroxylation sites is 3. The number of fused-ring (bicyclic) bond motifs is 1. The van der Waals surface area contributed by atoms with Gasteiger partial charge in [-0.25, -0.2) is 4.98 Å². The smallest absolute Gasteiger partial charge is 0.429 e. The number of hydrogen-bond donors (Lipinski definition) is 3. The molecule has 0 aliphatic carbocycles. The Morgan fingerprint density at radius 3 is 2.24 bits per heavy atom. The van der Waals surface area contributed by atoms with Gasteiger partial charge in [-0.2, -0.15) is 13.2 Å². The Hall–Kier alpha value is -3.52. The molecule has 148 valence electrons. The Morgan fingerprint density at radius 2 is 1.55 bits per heavy atom. The summed E-state index contributed by atoms with van der Waals surface area (Å²) in [6.45, 7) is 0. The second kappa shape index (κ2) is 6.82. The Bertz CT molecular complexity index is 1130. The number of nitrogens with one attached hydrogen (secondary N) is 1. The summed E-state index contributed by atoms with van der Waals surface area (Å²) in [6.07, 6.45) is -5.18. The average Bonchev–Trinajstić information content (AvgIpc) is 3.13. The number of phenolic OH excluding ortho intramolecular Hbond substituents is 1. The summed E-state index contributed by atoms with van der Waals surface area (Å²) in [5.41, 5.74) is -3.80. The number of alkyl halides is 3. The number of halogens is 3. The molecule has 0 radical (unpaired) electrons. The van der Waals surface area contributed by atoms with Crippen LogP contribution in [0.3, 0.4) is 0 Å². The molecule has 0 saturated heterocycles. The molecule has 4 rings (SSSR count). The van der Waals surface area contributed by atoms with E-state index in [1.807, 2.05) is 0 Å². The van der Waals surface area contributed by atoms with Crippen molar-refractivity contribution >= 4 is 11.0 Å². The summed E-state index contributed by atoms with van der Waals surface area (Å²) in [4.78, 5) is 6.41. The van der Waals surface area contributed by atoms with Gasteiger partial charge in [0.15, 0.2) is 5.82 Å². The zero-order chi connectivity index (χ0) is 20.6. The van der Waals surface area contributed by atoms with Crippen LogP contribution in [0.4, 0.5) is 13.2 Å². The number of benzene rings is 3. The topological polar surface area (TPSA) is 78.4 Å². The molecule has 0 aliphatic heterocycles. The quantitative estimate of drug-likeness (QED) is 0.457. The van der Waals surface area contributed by atoms with Gasteiger partial charge < -0.3 is 19.9 Å². The van der Waals surface area contributed by atoms with E-state index >= 15 is 0 Å². The number of ether oxygens (including phenoxy) is 1. The zero-order valence-electron chi connectivity index (χ0n) is 14.8. The Labute approximate surface area is 163 Å². The molecule has 1 aromatic heterocycles. The van der Waals surface area contributed by atoms with E-state index < -0.39 is 28.9 Å². The SMILES string of the molecule is Oc1ccc(Oc2ccccc2)cc1[C@@](O)(c1nc2ccccc2[nH]1)C(F)(F)F. The minimum Gasteiger partial charge on any atom is -0.508 e. The highest BCUT2D eigenvalue weighted by molar-refractivity contribution is 5.75. The molecule has 8 heteroatoms. The molecule has 0 fully saturated rings. The van der Waals surface area contributed by atoms with Crippen molar-refractivity contribution < 1.29 is 28.1 Å². The van der Waals surface area contributed by atoms with Gasteiger partial charge in [-0.15, -0.1) is 0 Å². The lowest BCUT2D eigenvalue weighted by atomic mass is 9.91. The van der Waals surface area contributed by atoms with Crippen LogP contribution < -0.4 is 4.74 Å². The van der Waals surface area contributed by atoms with Gasteiger partial charge in [0.2, 0.25) is 5.60 Å². The van der Waals surface area contributed by atoms with E-state index in [2.05, 4.69) is 9.97 Å². The molecule has 0 bridgehead atoms. The number of aromatic amines is 1. The lowest BCUT2D eigenvalue weighted by molar-refractivity contribution is -0.251. The van der Waals surface area contributed by atoms with Crippen molar-refractivity contribution in [3.8, 4) is 17.2 Å². The molecule has 3 aromatic carbocycles. The second-order valence-corrected chi connectivity index (χ2v) is 6.40. The van der Waals surface area contributed by atoms with Crippen molar-refractivity contribution in [2.24, 2.45) is 0 Å². The van der Waals surface area contributed by atoms with E-state index in [1.165, 1.54) is 18.2 Å². The summed E-state index contributed by atoms with van der Waals surface area (Å²) in [6, 6.07) is 18.0. The van der Waals surface area contributed by atoms with Crippen LogP contribution in [-0.4, -0.2) is 26.4 Å². The van der Waals surface area contributed by atoms with Crippen molar-refractivity contribution in [1.82, 2.24) is 9.97 Å². The van der Waals surface area contributed by atoms with E-state index in [0.717, 1.165) is 12.1 Å². The number of H-pyrrole nitrogens is 1. The lowest BCUT2D eigenvalue weighted by Gasteiger charge is -2.29. The van der Waals surface area contributed by atoms with Crippen LogP contribution in [0, 0.1) is 0 Å². The molecule has 0 amide bonds. The van der Waals surface area contributed by atoms with E-state index in [0.29, 0.717) is 11.3 Å². The van der Waals surface area contributed by atoms with Crippen molar-refractivity contribution in [3.05, 3.63) is 84.2 Å². The van der Waals surface area contributed by atoms with Crippen LogP contribution >= 0.6 is 0 Å². The molecule has 0 unspecified atom stereocenters. The average molecular weight is 400 g/mol.